The molecule has 0 unspecified atom stereocenters. The van der Waals surface area contributed by atoms with Gasteiger partial charge < -0.3 is 15.3 Å². The summed E-state index contributed by atoms with van der Waals surface area (Å²) in [7, 11) is 6.29. The Bertz CT molecular complexity index is 2470. The highest BCUT2D eigenvalue weighted by Crippen LogP contribution is 2.59. The molecule has 0 heterocycles. The van der Waals surface area contributed by atoms with Crippen LogP contribution in [0, 0.1) is 13.8 Å². The summed E-state index contributed by atoms with van der Waals surface area (Å²) in [4.78, 5) is 0. The van der Waals surface area contributed by atoms with E-state index in [1.807, 2.05) is 37.3 Å². The zero-order valence-corrected chi connectivity index (χ0v) is 47.5. The summed E-state index contributed by atoms with van der Waals surface area (Å²) >= 11 is 30.6. The lowest BCUT2D eigenvalue weighted by Gasteiger charge is -2.30. The lowest BCUT2D eigenvalue weighted by atomic mass is 9.73. The van der Waals surface area contributed by atoms with Crippen molar-refractivity contribution in [3.05, 3.63) is 177 Å². The third-order valence-corrected chi connectivity index (χ3v) is 17.9. The van der Waals surface area contributed by atoms with E-state index in [1.54, 1.807) is 0 Å². The third kappa shape index (κ3) is 12.2. The number of hydrogen-bond acceptors (Lipinski definition) is 7. The Morgan fingerprint density at radius 3 is 1.07 bits per heavy atom. The van der Waals surface area contributed by atoms with Crippen LogP contribution in [-0.4, -0.2) is 15.3 Å². The molecule has 0 amide bonds. The highest BCUT2D eigenvalue weighted by Gasteiger charge is 2.43. The van der Waals surface area contributed by atoms with Gasteiger partial charge in [0.2, 0.25) is 0 Å². The predicted octanol–water partition coefficient (Wildman–Crippen LogP) is 13.8. The molecule has 0 aromatic heterocycles. The molecule has 6 aromatic carbocycles. The monoisotopic (exact) mass is 1250 g/mol. The number of halogens is 4. The highest BCUT2D eigenvalue weighted by molar-refractivity contribution is 9.93. The number of benzene rings is 6. The zero-order valence-electron chi connectivity index (χ0n) is 32.9. The van der Waals surface area contributed by atoms with Gasteiger partial charge in [-0.3, -0.25) is 0 Å². The fourth-order valence-electron chi connectivity index (χ4n) is 8.19. The molecule has 3 N–H and O–H groups in total. The maximum absolute atomic E-state index is 11.0. The van der Waals surface area contributed by atoms with E-state index in [1.165, 1.54) is 94.5 Å². The topological polar surface area (TPSA) is 60.7 Å². The van der Waals surface area contributed by atoms with Gasteiger partial charge in [0.15, 0.2) is 0 Å². The molecule has 0 aliphatic heterocycles. The first kappa shape index (κ1) is 52.8. The summed E-state index contributed by atoms with van der Waals surface area (Å²) in [5.74, 6) is 0.587. The van der Waals surface area contributed by atoms with Gasteiger partial charge in [0, 0.05) is 128 Å². The number of aliphatic hydroxyl groups excluding tert-OH is 1. The van der Waals surface area contributed by atoms with Gasteiger partial charge >= 0.3 is 0 Å². The van der Waals surface area contributed by atoms with Gasteiger partial charge in [-0.15, -0.1) is 0 Å². The minimum Gasteiger partial charge on any atom is -0.507 e. The molecule has 6 aromatic rings. The summed E-state index contributed by atoms with van der Waals surface area (Å²) in [6.45, 7) is 8.31. The van der Waals surface area contributed by atoms with Crippen LogP contribution in [-0.2, 0) is 112 Å². The van der Waals surface area contributed by atoms with Crippen molar-refractivity contribution in [2.75, 3.05) is 0 Å². The Morgan fingerprint density at radius 1 is 0.508 bits per heavy atom. The Labute approximate surface area is 426 Å². The van der Waals surface area contributed by atoms with Gasteiger partial charge in [0.1, 0.15) is 15.5 Å². The number of alkyl halides is 1. The van der Waals surface area contributed by atoms with Crippen molar-refractivity contribution in [2.45, 2.75) is 50.5 Å². The molecule has 3 nitrogen and oxygen atoms in total. The van der Waals surface area contributed by atoms with Crippen molar-refractivity contribution in [1.29, 1.82) is 0 Å². The molecule has 17 heteroatoms. The Balaban J connectivity index is 0.000000209. The summed E-state index contributed by atoms with van der Waals surface area (Å²) in [5.41, 5.74) is 14.6. The van der Waals surface area contributed by atoms with Crippen LogP contribution in [0.5, 0.6) is 11.5 Å². The van der Waals surface area contributed by atoms with E-state index in [9.17, 15) is 15.3 Å². The first-order valence-electron chi connectivity index (χ1n) is 18.0. The second kappa shape index (κ2) is 25.2. The van der Waals surface area contributed by atoms with Crippen LogP contribution in [0.4, 0.5) is 0 Å². The molecule has 2 aliphatic carbocycles. The summed E-state index contributed by atoms with van der Waals surface area (Å²) < 4.78 is -0.183. The van der Waals surface area contributed by atoms with Crippen LogP contribution < -0.4 is 0 Å². The van der Waals surface area contributed by atoms with Crippen LogP contribution in [0.1, 0.15) is 69.5 Å². The van der Waals surface area contributed by atoms with Crippen LogP contribution >= 0.6 is 66.4 Å². The quantitative estimate of drug-likeness (QED) is 0.120. The largest absolute Gasteiger partial charge is 0.507 e. The molecule has 0 saturated heterocycles. The second-order valence-electron chi connectivity index (χ2n) is 13.9. The molecule has 2 aliphatic rings. The lowest BCUT2D eigenvalue weighted by Crippen LogP contribution is -2.23. The molecule has 0 fully saturated rings. The van der Waals surface area contributed by atoms with Gasteiger partial charge in [0.25, 0.3) is 0 Å². The van der Waals surface area contributed by atoms with Gasteiger partial charge in [-0.25, -0.2) is 0 Å². The van der Waals surface area contributed by atoms with E-state index in [4.69, 9.17) is 0 Å². The molecule has 0 saturated carbocycles. The normalized spacial score (nSPS) is 12.6. The molecule has 320 valence electrons. The molecule has 0 bridgehead atoms. The van der Waals surface area contributed by atoms with E-state index in [0.29, 0.717) is 16.6 Å². The van der Waals surface area contributed by atoms with E-state index in [-0.39, 0.29) is 21.8 Å². The fourth-order valence-corrected chi connectivity index (χ4v) is 11.4. The molecular formula is C44H39Br4O3PS9. The maximum Gasteiger partial charge on any atom is 0.125 e. The summed E-state index contributed by atoms with van der Waals surface area (Å²) in [5, 5.41) is 32.1. The van der Waals surface area contributed by atoms with Crippen LogP contribution in [0.15, 0.2) is 121 Å². The molecule has 8 rings (SSSR count). The van der Waals surface area contributed by atoms with Gasteiger partial charge in [0.05, 0.1) is 6.61 Å². The molecule has 0 spiro atoms. The van der Waals surface area contributed by atoms with E-state index in [2.05, 4.69) is 219 Å². The molecule has 61 heavy (non-hydrogen) atoms. The van der Waals surface area contributed by atoms with Gasteiger partial charge in [-0.1, -0.05) is 148 Å². The number of fused-ring (bicyclic) bond motifs is 6. The number of rotatable bonds is 4. The number of hydrogen-bond donors (Lipinski definition) is 3. The minimum atomic E-state index is -0.437. The first-order valence-corrected chi connectivity index (χ1v) is 35.9. The summed E-state index contributed by atoms with van der Waals surface area (Å²) in [6.07, 6.45) is 0. The predicted molar refractivity (Wildman–Crippen MR) is 299 cm³/mol. The fraction of sp³-hybridized carbons (Fsp3) is 0.182. The van der Waals surface area contributed by atoms with Gasteiger partial charge in [-0.2, -0.15) is 0 Å². The Hall–Kier alpha value is -0.790. The van der Waals surface area contributed by atoms with Crippen molar-refractivity contribution in [2.24, 2.45) is 0 Å². The van der Waals surface area contributed by atoms with Crippen molar-refractivity contribution >= 4 is 156 Å². The van der Waals surface area contributed by atoms with E-state index >= 15 is 0 Å². The number of aliphatic hydroxyl groups is 1. The molecule has 0 radical (unpaired) electrons. The zero-order chi connectivity index (χ0) is 44.9. The highest BCUT2D eigenvalue weighted by atomic mass is 80.0. The number of aromatic hydroxyl groups is 2. The third-order valence-electron chi connectivity index (χ3n) is 10.6. The number of phenolic OH excluding ortho intramolecular Hbond substituents is 1. The Morgan fingerprint density at radius 2 is 0.803 bits per heavy atom. The first-order chi connectivity index (χ1) is 29.2. The Kier molecular flexibility index (Phi) is 21.8. The molecule has 0 atom stereocenters. The van der Waals surface area contributed by atoms with Crippen LogP contribution in [0.3, 0.4) is 0 Å². The number of phenols is 2. The SMILES string of the molecule is BrP(Br)Br.Cc1cc(CBr)c(O)c(C2(C)c3ccccc3-c3ccccc32)c1.Cc1cc(CO)c(O)c(C2(C)c3ccccc3-c3ccccc32)c1.S=S=S=S.S=S=S=S=S. The van der Waals surface area contributed by atoms with E-state index in [0.717, 1.165) is 22.3 Å². The minimum absolute atomic E-state index is 0.167. The standard InChI is InChI=1S/C22H19BrO.C22H20O2.Br3P.S5.S4/c2*1-14-11-15(13-23)21(24)20(12-14)22(2)18-9-5-3-7-16(18)17-8-4-6-10-19(17)22;1-4(2)3;1-3-5-4-2;1-3-4-2/h3-12,24H,13H2,1-2H3;3-12,23-24H,13H2,1-2H3;;;. The average molecular weight is 1250 g/mol. The van der Waals surface area contributed by atoms with Crippen LogP contribution in [0.2, 0.25) is 0 Å². The van der Waals surface area contributed by atoms with Crippen LogP contribution in [0.25, 0.3) is 22.3 Å². The smallest absolute Gasteiger partial charge is 0.125 e. The maximum atomic E-state index is 11.0. The van der Waals surface area contributed by atoms with Crippen molar-refractivity contribution in [1.82, 2.24) is 0 Å². The second-order valence-corrected chi connectivity index (χ2v) is 38.6. The van der Waals surface area contributed by atoms with E-state index < -0.39 is 5.41 Å². The lowest BCUT2D eigenvalue weighted by molar-refractivity contribution is 0.274. The molecular weight excluding hydrogens is 1220 g/mol. The summed E-state index contributed by atoms with van der Waals surface area (Å²) in [6, 6.07) is 41.9. The van der Waals surface area contributed by atoms with Crippen molar-refractivity contribution < 1.29 is 15.3 Å². The van der Waals surface area contributed by atoms with Crippen molar-refractivity contribution in [3.8, 4) is 33.8 Å². The average Bonchev–Trinajstić information content (AvgIpc) is 3.69. The van der Waals surface area contributed by atoms with Gasteiger partial charge in [-0.05, 0) is 119 Å². The van der Waals surface area contributed by atoms with Crippen molar-refractivity contribution in [3.63, 3.8) is 0 Å². The number of aryl methyl sites for hydroxylation is 2.